The zero-order valence-electron chi connectivity index (χ0n) is 10.5. The largest absolute Gasteiger partial charge is 0.473 e. The minimum atomic E-state index is -0.104. The third kappa shape index (κ3) is 3.23. The van der Waals surface area contributed by atoms with Crippen LogP contribution in [0.15, 0.2) is 42.5 Å². The molecule has 1 saturated heterocycles. The highest BCUT2D eigenvalue weighted by Gasteiger charge is 2.14. The monoisotopic (exact) mass is 309 g/mol. The van der Waals surface area contributed by atoms with Crippen molar-refractivity contribution in [2.45, 2.75) is 6.23 Å². The van der Waals surface area contributed by atoms with Crippen LogP contribution in [0.2, 0.25) is 10.0 Å². The van der Waals surface area contributed by atoms with Crippen LogP contribution in [0.5, 0.6) is 5.75 Å². The molecule has 20 heavy (non-hydrogen) atoms. The molecule has 2 aromatic rings. The summed E-state index contributed by atoms with van der Waals surface area (Å²) in [6, 6.07) is 13.3. The quantitative estimate of drug-likeness (QED) is 0.815. The van der Waals surface area contributed by atoms with E-state index in [0.717, 1.165) is 16.9 Å². The van der Waals surface area contributed by atoms with Crippen molar-refractivity contribution in [1.82, 2.24) is 16.4 Å². The molecular weight excluding hydrogens is 297 g/mol. The van der Waals surface area contributed by atoms with Gasteiger partial charge in [-0.25, -0.2) is 10.9 Å². The molecule has 6 heteroatoms. The number of ether oxygens (including phenoxy) is 1. The fourth-order valence-corrected chi connectivity index (χ4v) is 2.56. The molecule has 0 aromatic heterocycles. The standard InChI is InChI=1S/C14H13Cl2N3O/c15-11-4-10(5-12(16)7-11)9-2-1-3-13(6-9)20-14-8-17-19-18-14/h1-7,14,17-19H,8H2. The minimum absolute atomic E-state index is 0.104. The lowest BCUT2D eigenvalue weighted by atomic mass is 10.1. The minimum Gasteiger partial charge on any atom is -0.473 e. The number of halogens is 2. The summed E-state index contributed by atoms with van der Waals surface area (Å²) in [5.41, 5.74) is 10.7. The first-order valence-corrected chi connectivity index (χ1v) is 6.93. The second kappa shape index (κ2) is 5.99. The molecule has 1 heterocycles. The van der Waals surface area contributed by atoms with Gasteiger partial charge in [-0.05, 0) is 41.5 Å². The molecule has 1 aliphatic rings. The Hall–Kier alpha value is -1.30. The van der Waals surface area contributed by atoms with Crippen LogP contribution in [0.3, 0.4) is 0 Å². The number of benzene rings is 2. The van der Waals surface area contributed by atoms with Gasteiger partial charge < -0.3 is 4.74 Å². The Morgan fingerprint density at radius 1 is 1.00 bits per heavy atom. The summed E-state index contributed by atoms with van der Waals surface area (Å²) < 4.78 is 5.80. The Morgan fingerprint density at radius 2 is 1.80 bits per heavy atom. The Bertz CT molecular complexity index is 595. The van der Waals surface area contributed by atoms with Crippen molar-refractivity contribution >= 4 is 23.2 Å². The Kier molecular flexibility index (Phi) is 4.10. The maximum absolute atomic E-state index is 6.04. The summed E-state index contributed by atoms with van der Waals surface area (Å²) in [5.74, 6) is 0.779. The lowest BCUT2D eigenvalue weighted by Gasteiger charge is -2.13. The average Bonchev–Trinajstić information content (AvgIpc) is 2.91. The topological polar surface area (TPSA) is 45.3 Å². The van der Waals surface area contributed by atoms with Crippen LogP contribution in [-0.2, 0) is 0 Å². The average molecular weight is 310 g/mol. The number of nitrogens with one attached hydrogen (secondary N) is 3. The number of hydrogen-bond donors (Lipinski definition) is 3. The summed E-state index contributed by atoms with van der Waals surface area (Å²) >= 11 is 12.1. The normalized spacial score (nSPS) is 18.2. The lowest BCUT2D eigenvalue weighted by molar-refractivity contribution is 0.191. The highest BCUT2D eigenvalue weighted by Crippen LogP contribution is 2.29. The molecule has 0 bridgehead atoms. The molecule has 0 radical (unpaired) electrons. The van der Waals surface area contributed by atoms with E-state index < -0.39 is 0 Å². The summed E-state index contributed by atoms with van der Waals surface area (Å²) in [5, 5.41) is 1.23. The zero-order valence-corrected chi connectivity index (χ0v) is 12.0. The van der Waals surface area contributed by atoms with E-state index in [1.165, 1.54) is 0 Å². The van der Waals surface area contributed by atoms with Crippen LogP contribution in [0.1, 0.15) is 0 Å². The molecule has 2 aromatic carbocycles. The second-order valence-electron chi connectivity index (χ2n) is 4.44. The summed E-state index contributed by atoms with van der Waals surface area (Å²) in [6.07, 6.45) is -0.104. The lowest BCUT2D eigenvalue weighted by Crippen LogP contribution is -2.36. The molecular formula is C14H13Cl2N3O. The molecule has 1 atom stereocenters. The van der Waals surface area contributed by atoms with Gasteiger partial charge in [0.1, 0.15) is 5.75 Å². The predicted octanol–water partition coefficient (Wildman–Crippen LogP) is 2.98. The molecule has 1 unspecified atom stereocenters. The van der Waals surface area contributed by atoms with Gasteiger partial charge in [0.05, 0.1) is 6.54 Å². The van der Waals surface area contributed by atoms with Crippen molar-refractivity contribution in [3.05, 3.63) is 52.5 Å². The molecule has 3 rings (SSSR count). The fourth-order valence-electron chi connectivity index (χ4n) is 2.03. The van der Waals surface area contributed by atoms with Crippen molar-refractivity contribution in [2.75, 3.05) is 6.54 Å². The summed E-state index contributed by atoms with van der Waals surface area (Å²) in [6.45, 7) is 0.688. The molecule has 104 valence electrons. The van der Waals surface area contributed by atoms with E-state index in [9.17, 15) is 0 Å². The first kappa shape index (κ1) is 13.7. The first-order chi connectivity index (χ1) is 9.70. The molecule has 0 spiro atoms. The van der Waals surface area contributed by atoms with Crippen LogP contribution >= 0.6 is 23.2 Å². The molecule has 3 N–H and O–H groups in total. The Labute approximate surface area is 127 Å². The first-order valence-electron chi connectivity index (χ1n) is 6.17. The van der Waals surface area contributed by atoms with E-state index >= 15 is 0 Å². The zero-order chi connectivity index (χ0) is 13.9. The van der Waals surface area contributed by atoms with Gasteiger partial charge >= 0.3 is 0 Å². The van der Waals surface area contributed by atoms with Gasteiger partial charge in [-0.1, -0.05) is 35.3 Å². The molecule has 1 fully saturated rings. The van der Waals surface area contributed by atoms with Crippen molar-refractivity contribution in [3.63, 3.8) is 0 Å². The van der Waals surface area contributed by atoms with Gasteiger partial charge in [-0.2, -0.15) is 5.53 Å². The molecule has 1 aliphatic heterocycles. The van der Waals surface area contributed by atoms with Crippen LogP contribution in [-0.4, -0.2) is 12.8 Å². The van der Waals surface area contributed by atoms with Crippen LogP contribution < -0.4 is 21.1 Å². The van der Waals surface area contributed by atoms with Gasteiger partial charge in [-0.15, -0.1) is 0 Å². The number of rotatable bonds is 3. The van der Waals surface area contributed by atoms with Crippen LogP contribution in [0, 0.1) is 0 Å². The van der Waals surface area contributed by atoms with E-state index in [-0.39, 0.29) is 6.23 Å². The third-order valence-corrected chi connectivity index (χ3v) is 3.35. The SMILES string of the molecule is Clc1cc(Cl)cc(-c2cccc(OC3CNNN3)c2)c1. The number of hydrogen-bond acceptors (Lipinski definition) is 4. The van der Waals surface area contributed by atoms with Crippen LogP contribution in [0.4, 0.5) is 0 Å². The second-order valence-corrected chi connectivity index (χ2v) is 5.32. The van der Waals surface area contributed by atoms with Gasteiger partial charge in [0.25, 0.3) is 0 Å². The van der Waals surface area contributed by atoms with E-state index in [0.29, 0.717) is 16.6 Å². The van der Waals surface area contributed by atoms with Crippen molar-refractivity contribution < 1.29 is 4.74 Å². The van der Waals surface area contributed by atoms with Gasteiger partial charge in [-0.3, -0.25) is 0 Å². The van der Waals surface area contributed by atoms with E-state index in [1.807, 2.05) is 36.4 Å². The Morgan fingerprint density at radius 3 is 2.50 bits per heavy atom. The number of hydrazine groups is 2. The predicted molar refractivity (Wildman–Crippen MR) is 80.6 cm³/mol. The fraction of sp³-hybridized carbons (Fsp3) is 0.143. The molecule has 0 amide bonds. The van der Waals surface area contributed by atoms with E-state index in [2.05, 4.69) is 16.4 Å². The molecule has 4 nitrogen and oxygen atoms in total. The molecule has 0 saturated carbocycles. The Balaban J connectivity index is 1.86. The smallest absolute Gasteiger partial charge is 0.177 e. The van der Waals surface area contributed by atoms with E-state index in [4.69, 9.17) is 27.9 Å². The highest BCUT2D eigenvalue weighted by molar-refractivity contribution is 6.35. The maximum atomic E-state index is 6.04. The summed E-state index contributed by atoms with van der Waals surface area (Å²) in [7, 11) is 0. The van der Waals surface area contributed by atoms with Crippen molar-refractivity contribution in [1.29, 1.82) is 0 Å². The van der Waals surface area contributed by atoms with Gasteiger partial charge in [0.2, 0.25) is 0 Å². The summed E-state index contributed by atoms with van der Waals surface area (Å²) in [4.78, 5) is 0. The van der Waals surface area contributed by atoms with Gasteiger partial charge in [0, 0.05) is 10.0 Å². The third-order valence-electron chi connectivity index (χ3n) is 2.92. The van der Waals surface area contributed by atoms with E-state index in [1.54, 1.807) is 6.07 Å². The van der Waals surface area contributed by atoms with Crippen molar-refractivity contribution in [3.8, 4) is 16.9 Å². The van der Waals surface area contributed by atoms with Crippen molar-refractivity contribution in [2.24, 2.45) is 0 Å². The maximum Gasteiger partial charge on any atom is 0.177 e. The molecule has 0 aliphatic carbocycles. The van der Waals surface area contributed by atoms with Crippen LogP contribution in [0.25, 0.3) is 11.1 Å². The van der Waals surface area contributed by atoms with Gasteiger partial charge in [0.15, 0.2) is 6.23 Å². The highest BCUT2D eigenvalue weighted by atomic mass is 35.5.